The van der Waals surface area contributed by atoms with Crippen molar-refractivity contribution in [2.75, 3.05) is 47.0 Å². The summed E-state index contributed by atoms with van der Waals surface area (Å²) in [7, 11) is 0. The van der Waals surface area contributed by atoms with Gasteiger partial charge < -0.3 is 20.9 Å². The van der Waals surface area contributed by atoms with E-state index >= 15 is 0 Å². The summed E-state index contributed by atoms with van der Waals surface area (Å²) in [6, 6.07) is 8.50. The molecular weight excluding hydrogens is 348 g/mol. The molecule has 1 aliphatic heterocycles. The lowest BCUT2D eigenvalue weighted by Crippen LogP contribution is -2.47. The highest BCUT2D eigenvalue weighted by molar-refractivity contribution is 6.30. The number of rotatable bonds is 4. The minimum absolute atomic E-state index is 0.486. The summed E-state index contributed by atoms with van der Waals surface area (Å²) in [4.78, 5) is 13.4. The highest BCUT2D eigenvalue weighted by Crippen LogP contribution is 2.30. The highest BCUT2D eigenvalue weighted by atomic mass is 35.5. The van der Waals surface area contributed by atoms with Crippen LogP contribution in [0.15, 0.2) is 30.6 Å². The van der Waals surface area contributed by atoms with Crippen LogP contribution in [0.1, 0.15) is 25.7 Å². The van der Waals surface area contributed by atoms with E-state index in [1.54, 1.807) is 6.33 Å². The van der Waals surface area contributed by atoms with E-state index in [1.807, 2.05) is 18.2 Å². The van der Waals surface area contributed by atoms with E-state index in [4.69, 9.17) is 17.3 Å². The Hall–Kier alpha value is -2.21. The van der Waals surface area contributed by atoms with Crippen molar-refractivity contribution >= 4 is 34.6 Å². The number of nitrogen functional groups attached to an aromatic ring is 1. The van der Waals surface area contributed by atoms with Crippen LogP contribution in [0.2, 0.25) is 5.02 Å². The smallest absolute Gasteiger partial charge is 0.157 e. The van der Waals surface area contributed by atoms with Crippen molar-refractivity contribution in [1.82, 2.24) is 9.97 Å². The minimum Gasteiger partial charge on any atom is -0.393 e. The molecule has 2 aromatic rings. The number of nitrogens with one attached hydrogen (secondary N) is 1. The van der Waals surface area contributed by atoms with E-state index < -0.39 is 0 Å². The molecule has 26 heavy (non-hydrogen) atoms. The third kappa shape index (κ3) is 3.65. The summed E-state index contributed by atoms with van der Waals surface area (Å²) < 4.78 is 0. The first kappa shape index (κ1) is 17.2. The Kier molecular flexibility index (Phi) is 5.02. The van der Waals surface area contributed by atoms with Gasteiger partial charge in [-0.25, -0.2) is 9.97 Å². The molecule has 0 radical (unpaired) electrons. The SMILES string of the molecule is Nc1c(NC2CCCC2)ncnc1N1CCN(c2cccc(Cl)c2)CC1. The van der Waals surface area contributed by atoms with Gasteiger partial charge in [-0.05, 0) is 31.0 Å². The molecule has 0 bridgehead atoms. The zero-order valence-electron chi connectivity index (χ0n) is 14.9. The van der Waals surface area contributed by atoms with E-state index in [0.717, 1.165) is 48.5 Å². The zero-order valence-corrected chi connectivity index (χ0v) is 15.6. The molecule has 3 N–H and O–H groups in total. The van der Waals surface area contributed by atoms with Gasteiger partial charge in [-0.2, -0.15) is 0 Å². The maximum absolute atomic E-state index is 6.40. The predicted octanol–water partition coefficient (Wildman–Crippen LogP) is 3.39. The van der Waals surface area contributed by atoms with Crippen LogP contribution in [0, 0.1) is 0 Å². The summed E-state index contributed by atoms with van der Waals surface area (Å²) in [6.45, 7) is 3.57. The fourth-order valence-electron chi connectivity index (χ4n) is 3.87. The number of hydrogen-bond acceptors (Lipinski definition) is 6. The Morgan fingerprint density at radius 2 is 1.77 bits per heavy atom. The lowest BCUT2D eigenvalue weighted by Gasteiger charge is -2.37. The number of nitrogens with two attached hydrogens (primary N) is 1. The second-order valence-corrected chi connectivity index (χ2v) is 7.48. The van der Waals surface area contributed by atoms with Gasteiger partial charge in [-0.15, -0.1) is 0 Å². The standard InChI is InChI=1S/C19H25ClN6/c20-14-4-3-7-16(12-14)25-8-10-26(11-9-25)19-17(21)18(22-13-23-19)24-15-5-1-2-6-15/h3-4,7,12-13,15H,1-2,5-6,8-11,21H2,(H,22,23,24). The molecule has 1 aromatic carbocycles. The minimum atomic E-state index is 0.486. The van der Waals surface area contributed by atoms with Gasteiger partial charge in [-0.1, -0.05) is 30.5 Å². The normalized spacial score (nSPS) is 18.3. The Morgan fingerprint density at radius 1 is 1.04 bits per heavy atom. The van der Waals surface area contributed by atoms with Crippen LogP contribution in [0.4, 0.5) is 23.0 Å². The topological polar surface area (TPSA) is 70.3 Å². The molecule has 1 aliphatic carbocycles. The number of benzene rings is 1. The molecule has 0 unspecified atom stereocenters. The van der Waals surface area contributed by atoms with Crippen molar-refractivity contribution in [3.63, 3.8) is 0 Å². The lowest BCUT2D eigenvalue weighted by molar-refractivity contribution is 0.647. The molecule has 1 saturated carbocycles. The molecule has 2 heterocycles. The maximum atomic E-state index is 6.40. The summed E-state index contributed by atoms with van der Waals surface area (Å²) in [6.07, 6.45) is 6.56. The van der Waals surface area contributed by atoms with Gasteiger partial charge in [0.15, 0.2) is 11.6 Å². The van der Waals surface area contributed by atoms with E-state index in [0.29, 0.717) is 11.7 Å². The number of anilines is 4. The van der Waals surface area contributed by atoms with E-state index in [9.17, 15) is 0 Å². The average molecular weight is 373 g/mol. The van der Waals surface area contributed by atoms with Crippen LogP contribution in [0.3, 0.4) is 0 Å². The van der Waals surface area contributed by atoms with E-state index in [2.05, 4.69) is 31.2 Å². The first-order valence-corrected chi connectivity index (χ1v) is 9.71. The fourth-order valence-corrected chi connectivity index (χ4v) is 4.05. The molecular formula is C19H25ClN6. The Bertz CT molecular complexity index is 753. The number of aromatic nitrogens is 2. The van der Waals surface area contributed by atoms with Crippen LogP contribution in [0.5, 0.6) is 0 Å². The van der Waals surface area contributed by atoms with Crippen molar-refractivity contribution in [2.24, 2.45) is 0 Å². The van der Waals surface area contributed by atoms with Crippen molar-refractivity contribution in [1.29, 1.82) is 0 Å². The van der Waals surface area contributed by atoms with Crippen LogP contribution in [-0.4, -0.2) is 42.2 Å². The largest absolute Gasteiger partial charge is 0.393 e. The summed E-state index contributed by atoms with van der Waals surface area (Å²) in [5.41, 5.74) is 8.22. The van der Waals surface area contributed by atoms with Gasteiger partial charge in [0.1, 0.15) is 12.0 Å². The van der Waals surface area contributed by atoms with Gasteiger partial charge in [0.25, 0.3) is 0 Å². The molecule has 138 valence electrons. The molecule has 0 amide bonds. The molecule has 4 rings (SSSR count). The van der Waals surface area contributed by atoms with Gasteiger partial charge in [0.05, 0.1) is 0 Å². The van der Waals surface area contributed by atoms with Crippen LogP contribution in [0.25, 0.3) is 0 Å². The summed E-state index contributed by atoms with van der Waals surface area (Å²) in [5, 5.41) is 4.27. The first-order chi connectivity index (χ1) is 12.7. The third-order valence-corrected chi connectivity index (χ3v) is 5.55. The highest BCUT2D eigenvalue weighted by Gasteiger charge is 2.23. The van der Waals surface area contributed by atoms with Crippen LogP contribution >= 0.6 is 11.6 Å². The van der Waals surface area contributed by atoms with Gasteiger partial charge in [-0.3, -0.25) is 0 Å². The first-order valence-electron chi connectivity index (χ1n) is 9.33. The summed E-state index contributed by atoms with van der Waals surface area (Å²) >= 11 is 6.12. The maximum Gasteiger partial charge on any atom is 0.157 e. The molecule has 7 heteroatoms. The Balaban J connectivity index is 1.44. The molecule has 0 atom stereocenters. The van der Waals surface area contributed by atoms with Crippen LogP contribution in [-0.2, 0) is 0 Å². The molecule has 0 spiro atoms. The van der Waals surface area contributed by atoms with Crippen molar-refractivity contribution in [2.45, 2.75) is 31.7 Å². The Labute approximate surface area is 159 Å². The van der Waals surface area contributed by atoms with Crippen LogP contribution < -0.4 is 20.9 Å². The molecule has 6 nitrogen and oxygen atoms in total. The molecule has 2 aliphatic rings. The van der Waals surface area contributed by atoms with E-state index in [1.165, 1.54) is 25.7 Å². The molecule has 1 aromatic heterocycles. The van der Waals surface area contributed by atoms with Gasteiger partial charge in [0, 0.05) is 42.9 Å². The van der Waals surface area contributed by atoms with Crippen molar-refractivity contribution < 1.29 is 0 Å². The predicted molar refractivity (Wildman–Crippen MR) is 108 cm³/mol. The second-order valence-electron chi connectivity index (χ2n) is 7.04. The number of piperazine rings is 1. The monoisotopic (exact) mass is 372 g/mol. The second kappa shape index (κ2) is 7.58. The number of halogens is 1. The Morgan fingerprint density at radius 3 is 2.50 bits per heavy atom. The quantitative estimate of drug-likeness (QED) is 0.857. The lowest BCUT2D eigenvalue weighted by atomic mass is 10.2. The molecule has 1 saturated heterocycles. The van der Waals surface area contributed by atoms with Gasteiger partial charge >= 0.3 is 0 Å². The zero-order chi connectivity index (χ0) is 17.9. The van der Waals surface area contributed by atoms with Crippen molar-refractivity contribution in [3.05, 3.63) is 35.6 Å². The number of nitrogens with zero attached hydrogens (tertiary/aromatic N) is 4. The number of hydrogen-bond donors (Lipinski definition) is 2. The fraction of sp³-hybridized carbons (Fsp3) is 0.474. The summed E-state index contributed by atoms with van der Waals surface area (Å²) in [5.74, 6) is 1.62. The third-order valence-electron chi connectivity index (χ3n) is 5.31. The van der Waals surface area contributed by atoms with E-state index in [-0.39, 0.29) is 0 Å². The van der Waals surface area contributed by atoms with Crippen molar-refractivity contribution in [3.8, 4) is 0 Å². The molecule has 2 fully saturated rings. The average Bonchev–Trinajstić information content (AvgIpc) is 3.17. The van der Waals surface area contributed by atoms with Gasteiger partial charge in [0.2, 0.25) is 0 Å².